The summed E-state index contributed by atoms with van der Waals surface area (Å²) in [6.45, 7) is 31.7. The molecule has 5 heteroatoms. The van der Waals surface area contributed by atoms with E-state index in [1.165, 1.54) is 11.1 Å². The molecule has 2 aromatic carbocycles. The normalized spacial score (nSPS) is 19.5. The van der Waals surface area contributed by atoms with Crippen molar-refractivity contribution in [3.8, 4) is 22.6 Å². The standard InChI is InChI=1S/C33H53O4P/c1-30(2,3)22-18-24(28(34)26(20-22)32(7,8)9)25-19-23(31(4,5)6)21-27(33(10,11)12)29(25)37-38(13,14)35-16-15-17-36-38/h18-21,34H,15-17H2,1-14H3. The van der Waals surface area contributed by atoms with Crippen LogP contribution in [0.15, 0.2) is 24.3 Å². The monoisotopic (exact) mass is 544 g/mol. The summed E-state index contributed by atoms with van der Waals surface area (Å²) in [5.41, 5.74) is 5.43. The van der Waals surface area contributed by atoms with Crippen molar-refractivity contribution < 1.29 is 18.7 Å². The molecule has 1 saturated heterocycles. The number of phenolic OH excluding ortho intramolecular Hbond substituents is 1. The van der Waals surface area contributed by atoms with Gasteiger partial charge in [-0.1, -0.05) is 0 Å². The summed E-state index contributed by atoms with van der Waals surface area (Å²) in [5, 5.41) is 11.9. The number of rotatable bonds is 3. The van der Waals surface area contributed by atoms with Gasteiger partial charge in [0, 0.05) is 0 Å². The van der Waals surface area contributed by atoms with Crippen molar-refractivity contribution in [2.45, 2.75) is 111 Å². The SMILES string of the molecule is CC(C)(C)c1cc(-c2cc(C(C)(C)C)cc(C(C)(C)C)c2OP2(C)(C)OCCCO2)c(O)c(C(C)(C)C)c1. The Kier molecular flexibility index (Phi) is 7.73. The molecule has 1 N–H and O–H groups in total. The second-order valence-corrected chi connectivity index (χ2v) is 19.9. The van der Waals surface area contributed by atoms with Crippen LogP contribution < -0.4 is 4.52 Å². The van der Waals surface area contributed by atoms with Gasteiger partial charge in [-0.2, -0.15) is 0 Å². The van der Waals surface area contributed by atoms with Gasteiger partial charge in [0.2, 0.25) is 0 Å². The summed E-state index contributed by atoms with van der Waals surface area (Å²) in [6.07, 6.45) is 0.855. The van der Waals surface area contributed by atoms with E-state index in [1.807, 2.05) is 13.3 Å². The first kappa shape index (κ1) is 30.9. The quantitative estimate of drug-likeness (QED) is 0.391. The van der Waals surface area contributed by atoms with Gasteiger partial charge in [0.1, 0.15) is 0 Å². The Morgan fingerprint density at radius 1 is 0.632 bits per heavy atom. The number of hydrogen-bond donors (Lipinski definition) is 1. The van der Waals surface area contributed by atoms with Gasteiger partial charge in [-0.05, 0) is 0 Å². The number of benzene rings is 2. The molecule has 38 heavy (non-hydrogen) atoms. The van der Waals surface area contributed by atoms with E-state index >= 15 is 0 Å². The molecule has 214 valence electrons. The van der Waals surface area contributed by atoms with Crippen LogP contribution in [-0.4, -0.2) is 31.6 Å². The Labute approximate surface area is 232 Å². The van der Waals surface area contributed by atoms with Crippen molar-refractivity contribution in [1.29, 1.82) is 0 Å². The molecular formula is C33H53O4P. The zero-order valence-electron chi connectivity index (χ0n) is 26.5. The van der Waals surface area contributed by atoms with Crippen LogP contribution in [0.25, 0.3) is 11.1 Å². The van der Waals surface area contributed by atoms with Gasteiger partial charge in [-0.25, -0.2) is 0 Å². The van der Waals surface area contributed by atoms with E-state index in [0.717, 1.165) is 34.4 Å². The molecule has 3 rings (SSSR count). The second-order valence-electron chi connectivity index (χ2n) is 15.7. The van der Waals surface area contributed by atoms with Crippen molar-refractivity contribution in [2.75, 3.05) is 26.5 Å². The fourth-order valence-electron chi connectivity index (χ4n) is 4.81. The molecule has 0 saturated carbocycles. The summed E-state index contributed by atoms with van der Waals surface area (Å²) < 4.78 is 19.7. The van der Waals surface area contributed by atoms with Crippen molar-refractivity contribution in [3.05, 3.63) is 46.5 Å². The van der Waals surface area contributed by atoms with Crippen LogP contribution in [0.5, 0.6) is 11.5 Å². The van der Waals surface area contributed by atoms with Crippen molar-refractivity contribution in [3.63, 3.8) is 0 Å². The van der Waals surface area contributed by atoms with E-state index in [-0.39, 0.29) is 21.7 Å². The Bertz CT molecular complexity index is 1190. The van der Waals surface area contributed by atoms with Gasteiger partial charge in [0.05, 0.1) is 0 Å². The first-order valence-corrected chi connectivity index (χ1v) is 16.9. The predicted molar refractivity (Wildman–Crippen MR) is 164 cm³/mol. The Morgan fingerprint density at radius 3 is 1.47 bits per heavy atom. The predicted octanol–water partition coefficient (Wildman–Crippen LogP) is 9.62. The van der Waals surface area contributed by atoms with Gasteiger partial charge in [0.25, 0.3) is 0 Å². The number of phenols is 1. The molecule has 4 nitrogen and oxygen atoms in total. The molecule has 1 aliphatic rings. The van der Waals surface area contributed by atoms with E-state index in [9.17, 15) is 5.11 Å². The number of aromatic hydroxyl groups is 1. The molecular weight excluding hydrogens is 491 g/mol. The van der Waals surface area contributed by atoms with Crippen LogP contribution in [0.4, 0.5) is 0 Å². The summed E-state index contributed by atoms with van der Waals surface area (Å²) >= 11 is 0. The Balaban J connectivity index is 2.52. The van der Waals surface area contributed by atoms with Gasteiger partial charge in [-0.15, -0.1) is 0 Å². The summed E-state index contributed by atoms with van der Waals surface area (Å²) in [7, 11) is -3.41. The fourth-order valence-corrected chi connectivity index (χ4v) is 6.99. The topological polar surface area (TPSA) is 47.9 Å². The zero-order valence-corrected chi connectivity index (χ0v) is 27.4. The van der Waals surface area contributed by atoms with E-state index in [2.05, 4.69) is 107 Å². The van der Waals surface area contributed by atoms with Crippen molar-refractivity contribution in [2.24, 2.45) is 0 Å². The Morgan fingerprint density at radius 2 is 1.05 bits per heavy atom. The van der Waals surface area contributed by atoms with Crippen molar-refractivity contribution >= 4 is 7.28 Å². The summed E-state index contributed by atoms with van der Waals surface area (Å²) in [5.74, 6) is 1.05. The van der Waals surface area contributed by atoms with E-state index in [0.29, 0.717) is 19.0 Å². The third kappa shape index (κ3) is 6.57. The molecule has 0 atom stereocenters. The van der Waals surface area contributed by atoms with Gasteiger partial charge >= 0.3 is 233 Å². The molecule has 0 amide bonds. The van der Waals surface area contributed by atoms with Gasteiger partial charge in [-0.3, -0.25) is 0 Å². The molecule has 0 aliphatic carbocycles. The van der Waals surface area contributed by atoms with Crippen LogP contribution >= 0.6 is 7.28 Å². The third-order valence-electron chi connectivity index (χ3n) is 7.38. The molecule has 0 radical (unpaired) electrons. The fraction of sp³-hybridized carbons (Fsp3) is 0.636. The number of hydrogen-bond acceptors (Lipinski definition) is 4. The van der Waals surface area contributed by atoms with Crippen LogP contribution in [0, 0.1) is 0 Å². The maximum absolute atomic E-state index is 11.9. The zero-order chi connectivity index (χ0) is 29.1. The summed E-state index contributed by atoms with van der Waals surface area (Å²) in [6, 6.07) is 8.80. The molecule has 1 heterocycles. The molecule has 1 fully saturated rings. The van der Waals surface area contributed by atoms with Crippen LogP contribution in [0.2, 0.25) is 0 Å². The van der Waals surface area contributed by atoms with Crippen LogP contribution in [0.1, 0.15) is 112 Å². The first-order valence-electron chi connectivity index (χ1n) is 14.0. The molecule has 1 aliphatic heterocycles. The third-order valence-corrected chi connectivity index (χ3v) is 9.90. The van der Waals surface area contributed by atoms with Gasteiger partial charge < -0.3 is 0 Å². The van der Waals surface area contributed by atoms with Gasteiger partial charge in [0.15, 0.2) is 0 Å². The molecule has 0 unspecified atom stereocenters. The maximum atomic E-state index is 11.9. The average molecular weight is 545 g/mol. The van der Waals surface area contributed by atoms with E-state index < -0.39 is 7.28 Å². The van der Waals surface area contributed by atoms with E-state index in [4.69, 9.17) is 13.6 Å². The molecule has 2 aromatic rings. The molecule has 0 bridgehead atoms. The minimum atomic E-state index is -3.41. The second kappa shape index (κ2) is 9.50. The van der Waals surface area contributed by atoms with Crippen LogP contribution in [0.3, 0.4) is 0 Å². The summed E-state index contributed by atoms with van der Waals surface area (Å²) in [4.78, 5) is 0. The van der Waals surface area contributed by atoms with Crippen molar-refractivity contribution in [1.82, 2.24) is 0 Å². The average Bonchev–Trinajstić information content (AvgIpc) is 2.70. The minimum absolute atomic E-state index is 0.0974. The molecule has 0 aromatic heterocycles. The Hall–Kier alpha value is -1.61. The van der Waals surface area contributed by atoms with Crippen LogP contribution in [-0.2, 0) is 30.7 Å². The molecule has 0 spiro atoms. The van der Waals surface area contributed by atoms with E-state index in [1.54, 1.807) is 0 Å². The first-order chi connectivity index (χ1) is 16.9.